The number of hydrogen-bond donors (Lipinski definition) is 1. The second kappa shape index (κ2) is 13.0. The average molecular weight is 450 g/mol. The van der Waals surface area contributed by atoms with Gasteiger partial charge in [-0.15, -0.1) is 0 Å². The molecule has 0 bridgehead atoms. The number of nitrogens with one attached hydrogen (secondary N) is 1. The maximum atomic E-state index is 12.8. The highest BCUT2D eigenvalue weighted by molar-refractivity contribution is 5.94. The summed E-state index contributed by atoms with van der Waals surface area (Å²) in [6.07, 6.45) is 11.7. The monoisotopic (exact) mass is 449 g/mol. The molecule has 1 heterocycles. The predicted molar refractivity (Wildman–Crippen MR) is 136 cm³/mol. The van der Waals surface area contributed by atoms with E-state index in [1.807, 2.05) is 19.1 Å². The van der Waals surface area contributed by atoms with Crippen LogP contribution in [0.15, 0.2) is 48.5 Å². The number of carbonyl (C=O) groups excluding carboxylic acids is 1. The number of rotatable bonds is 14. The summed E-state index contributed by atoms with van der Waals surface area (Å²) in [7, 11) is 1.62. The van der Waals surface area contributed by atoms with Gasteiger partial charge in [0.2, 0.25) is 0 Å². The summed E-state index contributed by atoms with van der Waals surface area (Å²) < 4.78 is 7.47. The van der Waals surface area contributed by atoms with Crippen LogP contribution in [0, 0.1) is 0 Å². The quantitative estimate of drug-likeness (QED) is 0.268. The highest BCUT2D eigenvalue weighted by Crippen LogP contribution is 2.23. The van der Waals surface area contributed by atoms with Gasteiger partial charge in [-0.2, -0.15) is 0 Å². The Morgan fingerprint density at radius 3 is 2.24 bits per heavy atom. The number of nitrogens with zero attached hydrogens (tertiary/aromatic N) is 2. The molecule has 0 saturated heterocycles. The first-order chi connectivity index (χ1) is 16.1. The summed E-state index contributed by atoms with van der Waals surface area (Å²) in [4.78, 5) is 17.7. The molecule has 0 fully saturated rings. The maximum absolute atomic E-state index is 12.8. The van der Waals surface area contributed by atoms with Crippen molar-refractivity contribution in [3.8, 4) is 5.75 Å². The summed E-state index contributed by atoms with van der Waals surface area (Å²) in [5.74, 6) is 1.55. The molecule has 1 aromatic heterocycles. The summed E-state index contributed by atoms with van der Waals surface area (Å²) >= 11 is 0. The van der Waals surface area contributed by atoms with Gasteiger partial charge in [0.15, 0.2) is 0 Å². The van der Waals surface area contributed by atoms with Gasteiger partial charge in [-0.25, -0.2) is 4.98 Å². The Bertz CT molecular complexity index is 994. The Balaban J connectivity index is 1.59. The van der Waals surface area contributed by atoms with Crippen LogP contribution in [0.1, 0.15) is 93.9 Å². The van der Waals surface area contributed by atoms with Crippen LogP contribution in [-0.4, -0.2) is 22.6 Å². The van der Waals surface area contributed by atoms with Gasteiger partial charge in [0, 0.05) is 12.1 Å². The zero-order chi connectivity index (χ0) is 23.5. The molecule has 3 rings (SSSR count). The van der Waals surface area contributed by atoms with Crippen molar-refractivity contribution in [1.82, 2.24) is 14.9 Å². The lowest BCUT2D eigenvalue weighted by Gasteiger charge is -2.16. The van der Waals surface area contributed by atoms with E-state index in [4.69, 9.17) is 9.72 Å². The lowest BCUT2D eigenvalue weighted by Crippen LogP contribution is -2.28. The van der Waals surface area contributed by atoms with E-state index < -0.39 is 0 Å². The summed E-state index contributed by atoms with van der Waals surface area (Å²) in [6.45, 7) is 5.20. The van der Waals surface area contributed by atoms with Crippen molar-refractivity contribution < 1.29 is 9.53 Å². The summed E-state index contributed by atoms with van der Waals surface area (Å²) in [5.41, 5.74) is 2.73. The Morgan fingerprint density at radius 1 is 0.939 bits per heavy atom. The normalized spacial score (nSPS) is 12.1. The number of imidazole rings is 1. The number of benzene rings is 2. The van der Waals surface area contributed by atoms with Crippen molar-refractivity contribution in [1.29, 1.82) is 0 Å². The van der Waals surface area contributed by atoms with Gasteiger partial charge < -0.3 is 14.6 Å². The van der Waals surface area contributed by atoms with Crippen LogP contribution in [0.25, 0.3) is 11.0 Å². The van der Waals surface area contributed by atoms with E-state index in [1.54, 1.807) is 31.4 Å². The van der Waals surface area contributed by atoms with E-state index in [0.717, 1.165) is 35.6 Å². The molecule has 1 atom stereocenters. The standard InChI is InChI=1S/C28H39N3O2/c1-4-5-6-7-8-9-10-11-14-21-31-26-16-13-12-15-25(26)30-27(31)22(2)29-28(32)23-17-19-24(33-3)20-18-23/h12-13,15-20,22H,4-11,14,21H2,1-3H3,(H,29,32). The van der Waals surface area contributed by atoms with E-state index in [0.29, 0.717) is 5.56 Å². The van der Waals surface area contributed by atoms with E-state index >= 15 is 0 Å². The molecule has 0 aliphatic carbocycles. The topological polar surface area (TPSA) is 56.2 Å². The van der Waals surface area contributed by atoms with Gasteiger partial charge in [-0.05, 0) is 49.7 Å². The van der Waals surface area contributed by atoms with Crippen molar-refractivity contribution in [3.63, 3.8) is 0 Å². The minimum Gasteiger partial charge on any atom is -0.497 e. The highest BCUT2D eigenvalue weighted by Gasteiger charge is 2.19. The van der Waals surface area contributed by atoms with Gasteiger partial charge >= 0.3 is 0 Å². The van der Waals surface area contributed by atoms with Crippen LogP contribution >= 0.6 is 0 Å². The lowest BCUT2D eigenvalue weighted by atomic mass is 10.1. The van der Waals surface area contributed by atoms with Gasteiger partial charge in [0.05, 0.1) is 24.2 Å². The number of unbranched alkanes of at least 4 members (excludes halogenated alkanes) is 8. The van der Waals surface area contributed by atoms with E-state index in [2.05, 4.69) is 28.9 Å². The third-order valence-corrected chi connectivity index (χ3v) is 6.26. The third kappa shape index (κ3) is 7.08. The fourth-order valence-corrected chi connectivity index (χ4v) is 4.33. The second-order valence-electron chi connectivity index (χ2n) is 8.86. The minimum atomic E-state index is -0.189. The molecular weight excluding hydrogens is 410 g/mol. The fraction of sp³-hybridized carbons (Fsp3) is 0.500. The first kappa shape index (κ1) is 24.8. The first-order valence-corrected chi connectivity index (χ1v) is 12.5. The number of fused-ring (bicyclic) bond motifs is 1. The molecule has 33 heavy (non-hydrogen) atoms. The molecule has 2 aromatic carbocycles. The van der Waals surface area contributed by atoms with Crippen LogP contribution < -0.4 is 10.1 Å². The highest BCUT2D eigenvalue weighted by atomic mass is 16.5. The summed E-state index contributed by atoms with van der Waals surface area (Å²) in [6, 6.07) is 15.2. The van der Waals surface area contributed by atoms with E-state index in [1.165, 1.54) is 51.4 Å². The molecule has 3 aromatic rings. The third-order valence-electron chi connectivity index (χ3n) is 6.26. The molecule has 0 aliphatic heterocycles. The molecule has 0 saturated carbocycles. The van der Waals surface area contributed by atoms with Gasteiger partial charge in [-0.1, -0.05) is 70.4 Å². The Morgan fingerprint density at radius 2 is 1.58 bits per heavy atom. The molecule has 5 nitrogen and oxygen atoms in total. The Kier molecular flexibility index (Phi) is 9.79. The van der Waals surface area contributed by atoms with Crippen LogP contribution in [0.2, 0.25) is 0 Å². The SMILES string of the molecule is CCCCCCCCCCCn1c(C(C)NC(=O)c2ccc(OC)cc2)nc2ccccc21. The smallest absolute Gasteiger partial charge is 0.251 e. The average Bonchev–Trinajstić information content (AvgIpc) is 3.22. The molecule has 1 amide bonds. The van der Waals surface area contributed by atoms with Crippen LogP contribution in [0.4, 0.5) is 0 Å². The number of amides is 1. The lowest BCUT2D eigenvalue weighted by molar-refractivity contribution is 0.0937. The van der Waals surface area contributed by atoms with Gasteiger partial charge in [-0.3, -0.25) is 4.79 Å². The number of para-hydroxylation sites is 2. The van der Waals surface area contributed by atoms with E-state index in [9.17, 15) is 4.79 Å². The minimum absolute atomic E-state index is 0.105. The maximum Gasteiger partial charge on any atom is 0.251 e. The van der Waals surface area contributed by atoms with Crippen LogP contribution in [0.5, 0.6) is 5.75 Å². The van der Waals surface area contributed by atoms with E-state index in [-0.39, 0.29) is 11.9 Å². The Labute approximate surface area is 198 Å². The molecule has 1 unspecified atom stereocenters. The summed E-state index contributed by atoms with van der Waals surface area (Å²) in [5, 5.41) is 3.12. The van der Waals surface area contributed by atoms with Crippen molar-refractivity contribution in [2.75, 3.05) is 7.11 Å². The van der Waals surface area contributed by atoms with Crippen molar-refractivity contribution in [2.24, 2.45) is 0 Å². The molecule has 0 radical (unpaired) electrons. The van der Waals surface area contributed by atoms with Crippen LogP contribution in [0.3, 0.4) is 0 Å². The predicted octanol–water partition coefficient (Wildman–Crippen LogP) is 7.07. The number of hydrogen-bond acceptors (Lipinski definition) is 3. The molecule has 178 valence electrons. The van der Waals surface area contributed by atoms with Gasteiger partial charge in [0.1, 0.15) is 11.6 Å². The molecule has 1 N–H and O–H groups in total. The van der Waals surface area contributed by atoms with Crippen molar-refractivity contribution >= 4 is 16.9 Å². The number of methoxy groups -OCH3 is 1. The number of carbonyl (C=O) groups is 1. The second-order valence-corrected chi connectivity index (χ2v) is 8.86. The van der Waals surface area contributed by atoms with Gasteiger partial charge in [0.25, 0.3) is 5.91 Å². The van der Waals surface area contributed by atoms with Crippen molar-refractivity contribution in [2.45, 2.75) is 84.2 Å². The molecule has 0 spiro atoms. The van der Waals surface area contributed by atoms with Crippen molar-refractivity contribution in [3.05, 3.63) is 59.9 Å². The largest absolute Gasteiger partial charge is 0.497 e. The number of aryl methyl sites for hydroxylation is 1. The fourth-order valence-electron chi connectivity index (χ4n) is 4.33. The zero-order valence-electron chi connectivity index (χ0n) is 20.5. The molecular formula is C28H39N3O2. The number of aromatic nitrogens is 2. The molecule has 0 aliphatic rings. The Hall–Kier alpha value is -2.82. The first-order valence-electron chi connectivity index (χ1n) is 12.5. The zero-order valence-corrected chi connectivity index (χ0v) is 20.5. The van der Waals surface area contributed by atoms with Crippen LogP contribution in [-0.2, 0) is 6.54 Å². The number of ether oxygens (including phenoxy) is 1. The molecule has 5 heteroatoms.